The van der Waals surface area contributed by atoms with E-state index in [1.54, 1.807) is 29.3 Å². The van der Waals surface area contributed by atoms with Crippen molar-refractivity contribution in [3.63, 3.8) is 0 Å². The summed E-state index contributed by atoms with van der Waals surface area (Å²) in [5.41, 5.74) is 2.30. The van der Waals surface area contributed by atoms with E-state index in [1.807, 2.05) is 18.2 Å². The van der Waals surface area contributed by atoms with Gasteiger partial charge in [0.05, 0.1) is 16.6 Å². The maximum atomic E-state index is 11.8. The number of hydrogen-bond donors (Lipinski definition) is 0. The Morgan fingerprint density at radius 3 is 2.50 bits per heavy atom. The number of aliphatic imine (C=N–C) groups is 1. The van der Waals surface area contributed by atoms with Crippen LogP contribution < -0.4 is 5.69 Å². The fourth-order valence-electron chi connectivity index (χ4n) is 2.47. The average molecular weight is 243 g/mol. The Morgan fingerprint density at radius 1 is 1.22 bits per heavy atom. The molecule has 1 aromatic carbocycles. The molecule has 0 amide bonds. The monoisotopic (exact) mass is 243 g/mol. The van der Waals surface area contributed by atoms with Crippen molar-refractivity contribution in [3.05, 3.63) is 34.2 Å². The van der Waals surface area contributed by atoms with E-state index in [1.165, 1.54) is 0 Å². The highest BCUT2D eigenvalue weighted by atomic mass is 16.1. The number of hydrogen-bond acceptors (Lipinski definition) is 3. The predicted molar refractivity (Wildman–Crippen MR) is 67.2 cm³/mol. The first kappa shape index (κ1) is 11.0. The quantitative estimate of drug-likeness (QED) is 0.588. The second-order valence-electron chi connectivity index (χ2n) is 4.84. The molecule has 0 bridgehead atoms. The largest absolute Gasteiger partial charge is 0.328 e. The molecule has 1 aromatic heterocycles. The number of carbonyl (C=O) groups excluding carboxylic acids is 1. The molecule has 0 radical (unpaired) electrons. The summed E-state index contributed by atoms with van der Waals surface area (Å²) in [5, 5.41) is 0. The van der Waals surface area contributed by atoms with Crippen LogP contribution in [0.2, 0.25) is 0 Å². The molecule has 0 spiro atoms. The Morgan fingerprint density at radius 2 is 1.89 bits per heavy atom. The maximum absolute atomic E-state index is 11.8. The summed E-state index contributed by atoms with van der Waals surface area (Å²) >= 11 is 0. The summed E-state index contributed by atoms with van der Waals surface area (Å²) in [6.45, 7) is 0. The van der Waals surface area contributed by atoms with E-state index in [0.717, 1.165) is 29.4 Å². The van der Waals surface area contributed by atoms with Crippen molar-refractivity contribution in [1.82, 2.24) is 9.13 Å². The zero-order valence-electron chi connectivity index (χ0n) is 10.3. The molecule has 92 valence electrons. The fourth-order valence-corrected chi connectivity index (χ4v) is 2.47. The van der Waals surface area contributed by atoms with Crippen LogP contribution in [-0.2, 0) is 24.4 Å². The first-order valence-electron chi connectivity index (χ1n) is 5.84. The van der Waals surface area contributed by atoms with Gasteiger partial charge >= 0.3 is 5.69 Å². The van der Waals surface area contributed by atoms with Crippen molar-refractivity contribution < 1.29 is 4.79 Å². The van der Waals surface area contributed by atoms with Crippen LogP contribution >= 0.6 is 0 Å². The lowest BCUT2D eigenvalue weighted by Crippen LogP contribution is -2.19. The van der Waals surface area contributed by atoms with E-state index in [4.69, 9.17) is 0 Å². The second kappa shape index (κ2) is 3.43. The minimum atomic E-state index is -0.387. The summed E-state index contributed by atoms with van der Waals surface area (Å²) in [5.74, 6) is 0. The second-order valence-corrected chi connectivity index (χ2v) is 4.84. The predicted octanol–water partition coefficient (Wildman–Crippen LogP) is 1.20. The molecule has 18 heavy (non-hydrogen) atoms. The lowest BCUT2D eigenvalue weighted by molar-refractivity contribution is 0.556. The number of benzene rings is 1. The van der Waals surface area contributed by atoms with Crippen molar-refractivity contribution in [2.45, 2.75) is 18.4 Å². The summed E-state index contributed by atoms with van der Waals surface area (Å²) in [6, 6.07) is 5.80. The van der Waals surface area contributed by atoms with E-state index in [2.05, 4.69) is 4.99 Å². The van der Waals surface area contributed by atoms with Gasteiger partial charge in [0.15, 0.2) is 0 Å². The van der Waals surface area contributed by atoms with Gasteiger partial charge in [-0.15, -0.1) is 0 Å². The third kappa shape index (κ3) is 1.31. The van der Waals surface area contributed by atoms with Crippen molar-refractivity contribution in [3.8, 4) is 0 Å². The van der Waals surface area contributed by atoms with Crippen molar-refractivity contribution in [2.75, 3.05) is 0 Å². The van der Waals surface area contributed by atoms with E-state index in [9.17, 15) is 9.59 Å². The summed E-state index contributed by atoms with van der Waals surface area (Å²) in [6.07, 6.45) is 3.39. The Hall–Kier alpha value is -2.13. The lowest BCUT2D eigenvalue weighted by atomic mass is 10.0. The van der Waals surface area contributed by atoms with Crippen LogP contribution in [0.1, 0.15) is 18.4 Å². The molecule has 1 aliphatic carbocycles. The van der Waals surface area contributed by atoms with Gasteiger partial charge in [0.2, 0.25) is 6.08 Å². The SMILES string of the molecule is Cn1c(=O)n(C)c2cc(C3(N=C=O)CC3)ccc21. The Kier molecular flexibility index (Phi) is 2.10. The summed E-state index contributed by atoms with van der Waals surface area (Å²) in [7, 11) is 3.50. The Labute approximate surface area is 103 Å². The highest BCUT2D eigenvalue weighted by molar-refractivity contribution is 5.77. The average Bonchev–Trinajstić information content (AvgIpc) is 3.13. The van der Waals surface area contributed by atoms with Gasteiger partial charge in [-0.2, -0.15) is 4.99 Å². The van der Waals surface area contributed by atoms with Crippen molar-refractivity contribution >= 4 is 17.1 Å². The minimum Gasteiger partial charge on any atom is -0.295 e. The molecule has 3 rings (SSSR count). The van der Waals surface area contributed by atoms with Gasteiger partial charge in [-0.25, -0.2) is 9.59 Å². The van der Waals surface area contributed by atoms with Gasteiger partial charge in [-0.05, 0) is 30.5 Å². The van der Waals surface area contributed by atoms with E-state index >= 15 is 0 Å². The number of isocyanates is 1. The smallest absolute Gasteiger partial charge is 0.295 e. The molecular formula is C13H13N3O2. The number of aromatic nitrogens is 2. The van der Waals surface area contributed by atoms with Crippen molar-refractivity contribution in [1.29, 1.82) is 0 Å². The molecular weight excluding hydrogens is 230 g/mol. The topological polar surface area (TPSA) is 56.4 Å². The lowest BCUT2D eigenvalue weighted by Gasteiger charge is -2.08. The van der Waals surface area contributed by atoms with Crippen LogP contribution in [0.5, 0.6) is 0 Å². The molecule has 1 heterocycles. The van der Waals surface area contributed by atoms with Crippen LogP contribution in [-0.4, -0.2) is 15.2 Å². The van der Waals surface area contributed by atoms with Gasteiger partial charge in [0.25, 0.3) is 0 Å². The number of fused-ring (bicyclic) bond motifs is 1. The zero-order chi connectivity index (χ0) is 12.9. The first-order valence-corrected chi connectivity index (χ1v) is 5.84. The highest BCUT2D eigenvalue weighted by Crippen LogP contribution is 2.49. The molecule has 0 unspecified atom stereocenters. The van der Waals surface area contributed by atoms with Gasteiger partial charge in [0, 0.05) is 14.1 Å². The van der Waals surface area contributed by atoms with Gasteiger partial charge in [-0.3, -0.25) is 9.13 Å². The van der Waals surface area contributed by atoms with Gasteiger partial charge < -0.3 is 0 Å². The van der Waals surface area contributed by atoms with E-state index in [0.29, 0.717) is 0 Å². The van der Waals surface area contributed by atoms with Gasteiger partial charge in [-0.1, -0.05) is 6.07 Å². The number of rotatable bonds is 2. The van der Waals surface area contributed by atoms with Gasteiger partial charge in [0.1, 0.15) is 0 Å². The number of aryl methyl sites for hydroxylation is 2. The Balaban J connectivity index is 2.27. The van der Waals surface area contributed by atoms with Crippen molar-refractivity contribution in [2.24, 2.45) is 19.1 Å². The molecule has 1 aliphatic rings. The number of nitrogens with zero attached hydrogens (tertiary/aromatic N) is 3. The Bertz CT molecular complexity index is 743. The summed E-state index contributed by atoms with van der Waals surface area (Å²) in [4.78, 5) is 26.2. The van der Waals surface area contributed by atoms with E-state index < -0.39 is 0 Å². The minimum absolute atomic E-state index is 0.0501. The molecule has 0 saturated heterocycles. The third-order valence-corrected chi connectivity index (χ3v) is 3.79. The maximum Gasteiger partial charge on any atom is 0.328 e. The van der Waals surface area contributed by atoms with Crippen LogP contribution in [0, 0.1) is 0 Å². The summed E-state index contributed by atoms with van der Waals surface area (Å²) < 4.78 is 3.22. The highest BCUT2D eigenvalue weighted by Gasteiger charge is 2.45. The van der Waals surface area contributed by atoms with E-state index in [-0.39, 0.29) is 11.2 Å². The first-order chi connectivity index (χ1) is 8.59. The van der Waals surface area contributed by atoms with Crippen LogP contribution in [0.25, 0.3) is 11.0 Å². The molecule has 0 atom stereocenters. The molecule has 1 saturated carbocycles. The zero-order valence-corrected chi connectivity index (χ0v) is 10.3. The molecule has 0 N–H and O–H groups in total. The molecule has 5 heteroatoms. The molecule has 1 fully saturated rings. The molecule has 2 aromatic rings. The standard InChI is InChI=1S/C13H13N3O2/c1-15-10-4-3-9(13(5-6-13)14-8-17)7-11(10)16(2)12(15)18/h3-4,7H,5-6H2,1-2H3. The molecule has 0 aliphatic heterocycles. The molecule has 5 nitrogen and oxygen atoms in total. The normalized spacial score (nSPS) is 16.6. The number of imidazole rings is 1. The van der Waals surface area contributed by atoms with Crippen LogP contribution in [0.4, 0.5) is 0 Å². The third-order valence-electron chi connectivity index (χ3n) is 3.79. The van der Waals surface area contributed by atoms with Crippen LogP contribution in [0.15, 0.2) is 28.0 Å². The fraction of sp³-hybridized carbons (Fsp3) is 0.385. The van der Waals surface area contributed by atoms with Crippen LogP contribution in [0.3, 0.4) is 0 Å².